The number of carboxylic acid groups (broad SMARTS) is 2. The van der Waals surface area contributed by atoms with Crippen molar-refractivity contribution in [1.82, 2.24) is 9.97 Å². The van der Waals surface area contributed by atoms with E-state index in [1.807, 2.05) is 30.5 Å². The van der Waals surface area contributed by atoms with Gasteiger partial charge in [-0.1, -0.05) is 18.2 Å². The second-order valence-corrected chi connectivity index (χ2v) is 5.06. The standard InChI is InChI=1S/C11H12N2O2.C6H5NO2/c12-9(11(14)15)5-7-6-13-10-4-2-1-3-8(7)10;8-6(9)5-2-1-3-7-4-5/h1-4,6,9,13H,5,12H2,(H,14,15);1-4H,(H,8,9). The van der Waals surface area contributed by atoms with Crippen LogP contribution in [0.3, 0.4) is 0 Å². The first-order chi connectivity index (χ1) is 11.5. The molecule has 0 amide bonds. The highest BCUT2D eigenvalue weighted by Gasteiger charge is 2.14. The lowest BCUT2D eigenvalue weighted by molar-refractivity contribution is -0.138. The first-order valence-corrected chi connectivity index (χ1v) is 7.15. The summed E-state index contributed by atoms with van der Waals surface area (Å²) < 4.78 is 0. The fourth-order valence-corrected chi connectivity index (χ4v) is 2.11. The third kappa shape index (κ3) is 4.40. The molecule has 0 radical (unpaired) electrons. The van der Waals surface area contributed by atoms with Gasteiger partial charge in [-0.3, -0.25) is 9.78 Å². The number of carbonyl (C=O) groups is 2. The van der Waals surface area contributed by atoms with E-state index < -0.39 is 18.0 Å². The van der Waals surface area contributed by atoms with E-state index in [0.29, 0.717) is 6.42 Å². The number of H-pyrrole nitrogens is 1. The monoisotopic (exact) mass is 327 g/mol. The van der Waals surface area contributed by atoms with Crippen molar-refractivity contribution in [3.8, 4) is 0 Å². The molecule has 0 aliphatic carbocycles. The third-order valence-corrected chi connectivity index (χ3v) is 3.34. The second-order valence-electron chi connectivity index (χ2n) is 5.06. The number of aromatic nitrogens is 2. The molecule has 0 aliphatic heterocycles. The van der Waals surface area contributed by atoms with Crippen LogP contribution in [-0.2, 0) is 11.2 Å². The van der Waals surface area contributed by atoms with Crippen LogP contribution in [0.1, 0.15) is 15.9 Å². The van der Waals surface area contributed by atoms with Crippen molar-refractivity contribution in [2.24, 2.45) is 5.73 Å². The summed E-state index contributed by atoms with van der Waals surface area (Å²) in [6.45, 7) is 0. The Morgan fingerprint density at radius 1 is 1.17 bits per heavy atom. The van der Waals surface area contributed by atoms with Crippen LogP contribution in [0.4, 0.5) is 0 Å². The smallest absolute Gasteiger partial charge is 0.337 e. The van der Waals surface area contributed by atoms with Crippen LogP contribution in [0.15, 0.2) is 55.0 Å². The Morgan fingerprint density at radius 3 is 2.50 bits per heavy atom. The SMILES string of the molecule is NC(Cc1c[nH]c2ccccc12)C(=O)O.O=C(O)c1cccnc1. The molecule has 24 heavy (non-hydrogen) atoms. The summed E-state index contributed by atoms with van der Waals surface area (Å²) in [5, 5.41) is 18.1. The Labute approximate surface area is 137 Å². The van der Waals surface area contributed by atoms with E-state index in [4.69, 9.17) is 15.9 Å². The van der Waals surface area contributed by atoms with E-state index >= 15 is 0 Å². The van der Waals surface area contributed by atoms with Gasteiger partial charge < -0.3 is 20.9 Å². The van der Waals surface area contributed by atoms with Gasteiger partial charge in [-0.15, -0.1) is 0 Å². The number of nitrogens with two attached hydrogens (primary N) is 1. The average molecular weight is 327 g/mol. The topological polar surface area (TPSA) is 129 Å². The number of aliphatic carboxylic acids is 1. The lowest BCUT2D eigenvalue weighted by Crippen LogP contribution is -2.32. The van der Waals surface area contributed by atoms with E-state index in [1.165, 1.54) is 18.5 Å². The molecule has 7 heteroatoms. The maximum Gasteiger partial charge on any atom is 0.337 e. The molecular weight excluding hydrogens is 310 g/mol. The van der Waals surface area contributed by atoms with Gasteiger partial charge in [0.1, 0.15) is 6.04 Å². The van der Waals surface area contributed by atoms with Gasteiger partial charge >= 0.3 is 11.9 Å². The van der Waals surface area contributed by atoms with Crippen molar-refractivity contribution in [2.45, 2.75) is 12.5 Å². The summed E-state index contributed by atoms with van der Waals surface area (Å²) in [6, 6.07) is 10.00. The van der Waals surface area contributed by atoms with E-state index in [2.05, 4.69) is 9.97 Å². The minimum absolute atomic E-state index is 0.220. The molecule has 0 fully saturated rings. The average Bonchev–Trinajstić information content (AvgIpc) is 2.99. The minimum Gasteiger partial charge on any atom is -0.480 e. The summed E-state index contributed by atoms with van der Waals surface area (Å²) in [4.78, 5) is 27.5. The Kier molecular flexibility index (Phi) is 5.64. The third-order valence-electron chi connectivity index (χ3n) is 3.34. The van der Waals surface area contributed by atoms with Crippen molar-refractivity contribution in [3.05, 3.63) is 66.1 Å². The molecule has 7 nitrogen and oxygen atoms in total. The molecule has 1 unspecified atom stereocenters. The second kappa shape index (κ2) is 7.89. The zero-order chi connectivity index (χ0) is 17.5. The fourth-order valence-electron chi connectivity index (χ4n) is 2.11. The first-order valence-electron chi connectivity index (χ1n) is 7.15. The van der Waals surface area contributed by atoms with Crippen LogP contribution in [0.25, 0.3) is 10.9 Å². The van der Waals surface area contributed by atoms with Crippen molar-refractivity contribution in [3.63, 3.8) is 0 Å². The molecular formula is C17H17N3O4. The molecule has 0 aliphatic rings. The van der Waals surface area contributed by atoms with Gasteiger partial charge in [0.2, 0.25) is 0 Å². The molecule has 1 aromatic carbocycles. The number of pyridine rings is 1. The Hall–Kier alpha value is -3.19. The van der Waals surface area contributed by atoms with E-state index in [1.54, 1.807) is 6.07 Å². The molecule has 2 heterocycles. The largest absolute Gasteiger partial charge is 0.480 e. The number of benzene rings is 1. The highest BCUT2D eigenvalue weighted by Crippen LogP contribution is 2.18. The number of carboxylic acids is 2. The van der Waals surface area contributed by atoms with Gasteiger partial charge in [-0.05, 0) is 23.8 Å². The zero-order valence-corrected chi connectivity index (χ0v) is 12.7. The van der Waals surface area contributed by atoms with Crippen LogP contribution in [0.2, 0.25) is 0 Å². The Balaban J connectivity index is 0.000000198. The number of rotatable bonds is 4. The summed E-state index contributed by atoms with van der Waals surface area (Å²) in [5.74, 6) is -1.91. The molecule has 0 saturated carbocycles. The van der Waals surface area contributed by atoms with E-state index in [9.17, 15) is 9.59 Å². The number of hydrogen-bond acceptors (Lipinski definition) is 4. The van der Waals surface area contributed by atoms with Crippen molar-refractivity contribution in [1.29, 1.82) is 0 Å². The van der Waals surface area contributed by atoms with Gasteiger partial charge in [-0.25, -0.2) is 4.79 Å². The molecule has 0 saturated heterocycles. The van der Waals surface area contributed by atoms with Gasteiger partial charge in [0.05, 0.1) is 5.56 Å². The Bertz CT molecular complexity index is 830. The van der Waals surface area contributed by atoms with Crippen LogP contribution in [-0.4, -0.2) is 38.2 Å². The summed E-state index contributed by atoms with van der Waals surface area (Å²) in [6.07, 6.45) is 5.00. The normalized spacial score (nSPS) is 11.4. The van der Waals surface area contributed by atoms with Crippen molar-refractivity contribution >= 4 is 22.8 Å². The fraction of sp³-hybridized carbons (Fsp3) is 0.118. The molecule has 3 rings (SSSR count). The van der Waals surface area contributed by atoms with Crippen LogP contribution in [0, 0.1) is 0 Å². The number of fused-ring (bicyclic) bond motifs is 1. The number of nitrogens with one attached hydrogen (secondary N) is 1. The Morgan fingerprint density at radius 2 is 1.92 bits per heavy atom. The quantitative estimate of drug-likeness (QED) is 0.579. The molecule has 2 aromatic heterocycles. The van der Waals surface area contributed by atoms with Gasteiger partial charge in [0.25, 0.3) is 0 Å². The molecule has 3 aromatic rings. The summed E-state index contributed by atoms with van der Waals surface area (Å²) in [7, 11) is 0. The lowest BCUT2D eigenvalue weighted by atomic mass is 10.1. The van der Waals surface area contributed by atoms with Gasteiger partial charge in [0.15, 0.2) is 0 Å². The predicted molar refractivity (Wildman–Crippen MR) is 88.8 cm³/mol. The highest BCUT2D eigenvalue weighted by molar-refractivity contribution is 5.87. The van der Waals surface area contributed by atoms with Gasteiger partial charge in [0, 0.05) is 35.9 Å². The molecule has 0 spiro atoms. The number of para-hydroxylation sites is 1. The lowest BCUT2D eigenvalue weighted by Gasteiger charge is -2.04. The first kappa shape index (κ1) is 17.2. The highest BCUT2D eigenvalue weighted by atomic mass is 16.4. The number of aromatic carboxylic acids is 1. The van der Waals surface area contributed by atoms with Crippen LogP contribution >= 0.6 is 0 Å². The summed E-state index contributed by atoms with van der Waals surface area (Å²) >= 11 is 0. The maximum absolute atomic E-state index is 10.6. The molecule has 5 N–H and O–H groups in total. The zero-order valence-electron chi connectivity index (χ0n) is 12.7. The molecule has 1 atom stereocenters. The molecule has 124 valence electrons. The molecule has 0 bridgehead atoms. The van der Waals surface area contributed by atoms with Crippen LogP contribution < -0.4 is 5.73 Å². The maximum atomic E-state index is 10.6. The minimum atomic E-state index is -0.972. The van der Waals surface area contributed by atoms with Crippen molar-refractivity contribution < 1.29 is 19.8 Å². The van der Waals surface area contributed by atoms with Crippen molar-refractivity contribution in [2.75, 3.05) is 0 Å². The van der Waals surface area contributed by atoms with E-state index in [-0.39, 0.29) is 5.56 Å². The van der Waals surface area contributed by atoms with Gasteiger partial charge in [-0.2, -0.15) is 0 Å². The number of nitrogens with zero attached hydrogens (tertiary/aromatic N) is 1. The van der Waals surface area contributed by atoms with Crippen LogP contribution in [0.5, 0.6) is 0 Å². The van der Waals surface area contributed by atoms with E-state index in [0.717, 1.165) is 16.5 Å². The number of hydrogen-bond donors (Lipinski definition) is 4. The number of aromatic amines is 1. The summed E-state index contributed by atoms with van der Waals surface area (Å²) in [5.41, 5.74) is 7.65. The predicted octanol–water partition coefficient (Wildman–Crippen LogP) is 1.90.